The molecule has 0 bridgehead atoms. The van der Waals surface area contributed by atoms with Gasteiger partial charge >= 0.3 is 13.3 Å². The van der Waals surface area contributed by atoms with Gasteiger partial charge < -0.3 is 15.4 Å². The van der Waals surface area contributed by atoms with E-state index in [2.05, 4.69) is 0 Å². The van der Waals surface area contributed by atoms with Crippen molar-refractivity contribution in [3.63, 3.8) is 0 Å². The molecule has 0 fully saturated rings. The fourth-order valence-electron chi connectivity index (χ4n) is 1.95. The number of hydrogen-bond acceptors (Lipinski definition) is 3. The number of hydrogen-bond donors (Lipinski definition) is 3. The van der Waals surface area contributed by atoms with Crippen molar-refractivity contribution < 1.29 is 32.4 Å². The lowest BCUT2D eigenvalue weighted by Gasteiger charge is -2.14. The van der Waals surface area contributed by atoms with Gasteiger partial charge in [0, 0.05) is 5.46 Å². The zero-order valence-electron chi connectivity index (χ0n) is 11.4. The maximum atomic E-state index is 14.0. The van der Waals surface area contributed by atoms with Crippen LogP contribution in [-0.4, -0.2) is 23.1 Å². The molecule has 0 aliphatic carbocycles. The highest BCUT2D eigenvalue weighted by Crippen LogP contribution is 2.34. The van der Waals surface area contributed by atoms with Crippen molar-refractivity contribution in [1.29, 1.82) is 0 Å². The van der Waals surface area contributed by atoms with Gasteiger partial charge in [-0.05, 0) is 18.2 Å². The zero-order valence-corrected chi connectivity index (χ0v) is 11.4. The van der Waals surface area contributed by atoms with E-state index in [1.807, 2.05) is 5.32 Å². The van der Waals surface area contributed by atoms with Crippen molar-refractivity contribution in [3.8, 4) is 0 Å². The first-order valence-corrected chi connectivity index (χ1v) is 6.34. The molecule has 0 saturated carbocycles. The Morgan fingerprint density at radius 3 is 2.30 bits per heavy atom. The molecule has 0 saturated heterocycles. The molecule has 0 atom stereocenters. The lowest BCUT2D eigenvalue weighted by molar-refractivity contribution is -0.136. The van der Waals surface area contributed by atoms with E-state index in [9.17, 15) is 22.4 Å². The summed E-state index contributed by atoms with van der Waals surface area (Å²) in [7, 11) is -2.15. The lowest BCUT2D eigenvalue weighted by Crippen LogP contribution is -2.34. The predicted octanol–water partition coefficient (Wildman–Crippen LogP) is 1.78. The van der Waals surface area contributed by atoms with Gasteiger partial charge in [0.15, 0.2) is 0 Å². The second kappa shape index (κ2) is 6.39. The summed E-state index contributed by atoms with van der Waals surface area (Å²) >= 11 is 0. The Kier molecular flexibility index (Phi) is 4.72. The smallest absolute Gasteiger partial charge is 0.423 e. The third-order valence-electron chi connectivity index (χ3n) is 3.03. The molecular formula is C14H10BF4NO3. The van der Waals surface area contributed by atoms with Crippen LogP contribution in [0.3, 0.4) is 0 Å². The van der Waals surface area contributed by atoms with Crippen LogP contribution in [0.2, 0.25) is 0 Å². The van der Waals surface area contributed by atoms with Crippen LogP contribution in [0, 0.1) is 5.82 Å². The van der Waals surface area contributed by atoms with Gasteiger partial charge in [0.2, 0.25) is 0 Å². The van der Waals surface area contributed by atoms with Crippen molar-refractivity contribution in [3.05, 3.63) is 59.4 Å². The number of rotatable bonds is 3. The molecule has 0 aliphatic heterocycles. The Bertz CT molecular complexity index is 734. The maximum Gasteiger partial charge on any atom is 0.491 e. The SMILES string of the molecule is O=C(Nc1ccccc1C(F)(F)F)c1cccc(B(O)O)c1F. The standard InChI is InChI=1S/C14H10BF4NO3/c16-12-8(4-3-6-10(12)15(22)23)13(21)20-11-7-2-1-5-9(11)14(17,18)19/h1-7,22-23H,(H,20,21). The highest BCUT2D eigenvalue weighted by atomic mass is 19.4. The van der Waals surface area contributed by atoms with Crippen LogP contribution in [0.1, 0.15) is 15.9 Å². The first-order chi connectivity index (χ1) is 10.7. The Labute approximate surface area is 128 Å². The Morgan fingerprint density at radius 2 is 1.70 bits per heavy atom. The summed E-state index contributed by atoms with van der Waals surface area (Å²) in [5.41, 5.74) is -2.76. The molecule has 1 amide bonds. The quantitative estimate of drug-likeness (QED) is 0.595. The first-order valence-electron chi connectivity index (χ1n) is 6.34. The molecule has 23 heavy (non-hydrogen) atoms. The molecule has 2 rings (SSSR count). The second-order valence-electron chi connectivity index (χ2n) is 4.58. The largest absolute Gasteiger partial charge is 0.491 e. The molecule has 0 aromatic heterocycles. The van der Waals surface area contributed by atoms with E-state index in [0.717, 1.165) is 30.3 Å². The van der Waals surface area contributed by atoms with Crippen molar-refractivity contribution >= 4 is 24.2 Å². The summed E-state index contributed by atoms with van der Waals surface area (Å²) < 4.78 is 52.6. The third kappa shape index (κ3) is 3.69. The van der Waals surface area contributed by atoms with E-state index in [-0.39, 0.29) is 0 Å². The van der Waals surface area contributed by atoms with Gasteiger partial charge in [-0.15, -0.1) is 0 Å². The normalized spacial score (nSPS) is 11.2. The fraction of sp³-hybridized carbons (Fsp3) is 0.0714. The van der Waals surface area contributed by atoms with E-state index in [0.29, 0.717) is 0 Å². The number of carbonyl (C=O) groups is 1. The number of carbonyl (C=O) groups excluding carboxylic acids is 1. The summed E-state index contributed by atoms with van der Waals surface area (Å²) in [6.45, 7) is 0. The van der Waals surface area contributed by atoms with Gasteiger partial charge in [0.1, 0.15) is 5.82 Å². The number of para-hydroxylation sites is 1. The van der Waals surface area contributed by atoms with Crippen molar-refractivity contribution in [1.82, 2.24) is 0 Å². The third-order valence-corrected chi connectivity index (χ3v) is 3.03. The van der Waals surface area contributed by atoms with Gasteiger partial charge in [0.05, 0.1) is 16.8 Å². The molecule has 0 radical (unpaired) electrons. The monoisotopic (exact) mass is 327 g/mol. The van der Waals surface area contributed by atoms with E-state index in [4.69, 9.17) is 10.0 Å². The number of nitrogens with one attached hydrogen (secondary N) is 1. The van der Waals surface area contributed by atoms with Crippen LogP contribution in [-0.2, 0) is 6.18 Å². The molecule has 3 N–H and O–H groups in total. The molecule has 9 heteroatoms. The highest BCUT2D eigenvalue weighted by Gasteiger charge is 2.34. The number of alkyl halides is 3. The van der Waals surface area contributed by atoms with Gasteiger partial charge in [-0.25, -0.2) is 4.39 Å². The summed E-state index contributed by atoms with van der Waals surface area (Å²) in [5.74, 6) is -2.36. The minimum atomic E-state index is -4.69. The minimum absolute atomic E-state index is 0.528. The Hall–Kier alpha value is -2.39. The minimum Gasteiger partial charge on any atom is -0.423 e. The van der Waals surface area contributed by atoms with E-state index >= 15 is 0 Å². The van der Waals surface area contributed by atoms with Crippen molar-refractivity contribution in [2.75, 3.05) is 5.32 Å². The number of benzene rings is 2. The fourth-order valence-corrected chi connectivity index (χ4v) is 1.95. The summed E-state index contributed by atoms with van der Waals surface area (Å²) in [6.07, 6.45) is -4.69. The average Bonchev–Trinajstić information content (AvgIpc) is 2.46. The lowest BCUT2D eigenvalue weighted by atomic mass is 9.79. The molecule has 0 heterocycles. The molecule has 0 aliphatic rings. The molecule has 0 unspecified atom stereocenters. The van der Waals surface area contributed by atoms with Crippen LogP contribution >= 0.6 is 0 Å². The molecule has 4 nitrogen and oxygen atoms in total. The Balaban J connectivity index is 2.37. The number of halogens is 4. The summed E-state index contributed by atoms with van der Waals surface area (Å²) in [4.78, 5) is 12.0. The topological polar surface area (TPSA) is 69.6 Å². The van der Waals surface area contributed by atoms with Gasteiger partial charge in [-0.1, -0.05) is 24.3 Å². The molecule has 120 valence electrons. The van der Waals surface area contributed by atoms with Gasteiger partial charge in [-0.3, -0.25) is 4.79 Å². The van der Waals surface area contributed by atoms with E-state index in [1.165, 1.54) is 12.1 Å². The maximum absolute atomic E-state index is 14.0. The van der Waals surface area contributed by atoms with Crippen LogP contribution < -0.4 is 10.8 Å². The van der Waals surface area contributed by atoms with Crippen LogP contribution in [0.5, 0.6) is 0 Å². The van der Waals surface area contributed by atoms with Gasteiger partial charge in [0.25, 0.3) is 5.91 Å². The Morgan fingerprint density at radius 1 is 1.04 bits per heavy atom. The number of anilines is 1. The molecule has 0 spiro atoms. The highest BCUT2D eigenvalue weighted by molar-refractivity contribution is 6.58. The second-order valence-corrected chi connectivity index (χ2v) is 4.58. The average molecular weight is 327 g/mol. The molecule has 2 aromatic carbocycles. The summed E-state index contributed by atoms with van der Waals surface area (Å²) in [5, 5.41) is 20.0. The first kappa shape index (κ1) is 17.0. The van der Waals surface area contributed by atoms with Crippen LogP contribution in [0.25, 0.3) is 0 Å². The van der Waals surface area contributed by atoms with E-state index in [1.54, 1.807) is 0 Å². The number of amides is 1. The molecular weight excluding hydrogens is 317 g/mol. The molecule has 2 aromatic rings. The van der Waals surface area contributed by atoms with Crippen LogP contribution in [0.4, 0.5) is 23.2 Å². The zero-order chi connectivity index (χ0) is 17.2. The van der Waals surface area contributed by atoms with Gasteiger partial charge in [-0.2, -0.15) is 13.2 Å². The van der Waals surface area contributed by atoms with Crippen LogP contribution in [0.15, 0.2) is 42.5 Å². The summed E-state index contributed by atoms with van der Waals surface area (Å²) in [6, 6.07) is 7.50. The predicted molar refractivity (Wildman–Crippen MR) is 75.6 cm³/mol. The van der Waals surface area contributed by atoms with Crippen molar-refractivity contribution in [2.24, 2.45) is 0 Å². The van der Waals surface area contributed by atoms with E-state index < -0.39 is 47.3 Å². The van der Waals surface area contributed by atoms with Crippen molar-refractivity contribution in [2.45, 2.75) is 6.18 Å².